The Bertz CT molecular complexity index is 569. The molecule has 1 aromatic carbocycles. The van der Waals surface area contributed by atoms with Crippen molar-refractivity contribution < 1.29 is 4.39 Å². The topological polar surface area (TPSA) is 34.9 Å². The molecule has 0 unspecified atom stereocenters. The van der Waals surface area contributed by atoms with Crippen molar-refractivity contribution in [3.05, 3.63) is 39.1 Å². The van der Waals surface area contributed by atoms with E-state index in [1.807, 2.05) is 0 Å². The van der Waals surface area contributed by atoms with Crippen molar-refractivity contribution in [3.63, 3.8) is 0 Å². The second kappa shape index (κ2) is 3.33. The number of rotatable bonds is 0. The quantitative estimate of drug-likeness (QED) is 0.693. The first-order chi connectivity index (χ1) is 6.59. The molecule has 0 aliphatic rings. The summed E-state index contributed by atoms with van der Waals surface area (Å²) in [6, 6.07) is 4.75. The number of halogens is 3. The van der Waals surface area contributed by atoms with E-state index < -0.39 is 11.6 Å². The summed E-state index contributed by atoms with van der Waals surface area (Å²) in [5.74, 6) is 0. The molecule has 0 spiro atoms. The van der Waals surface area contributed by atoms with Crippen molar-refractivity contribution in [2.24, 2.45) is 0 Å². The van der Waals surface area contributed by atoms with E-state index >= 15 is 0 Å². The molecule has 1 heterocycles. The van der Waals surface area contributed by atoms with Crippen LogP contribution in [0.4, 0.5) is 4.39 Å². The van der Waals surface area contributed by atoms with Crippen LogP contribution in [0.25, 0.3) is 10.9 Å². The van der Waals surface area contributed by atoms with E-state index in [-0.39, 0.29) is 10.9 Å². The molecule has 14 heavy (non-hydrogen) atoms. The van der Waals surface area contributed by atoms with Crippen molar-refractivity contribution in [1.29, 1.82) is 0 Å². The lowest BCUT2D eigenvalue weighted by molar-refractivity contribution is 0.524. The van der Waals surface area contributed by atoms with Gasteiger partial charge in [0.05, 0.1) is 10.9 Å². The molecule has 0 amide bonds. The van der Waals surface area contributed by atoms with Crippen LogP contribution < -0.4 is 5.56 Å². The molecule has 0 saturated carbocycles. The van der Waals surface area contributed by atoms with Gasteiger partial charge in [-0.05, 0) is 18.2 Å². The van der Waals surface area contributed by atoms with Gasteiger partial charge in [-0.2, -0.15) is 8.48 Å². The van der Waals surface area contributed by atoms with E-state index in [9.17, 15) is 9.18 Å². The van der Waals surface area contributed by atoms with E-state index in [0.717, 1.165) is 4.47 Å². The molecule has 6 heteroatoms. The monoisotopic (exact) mass is 276 g/mol. The van der Waals surface area contributed by atoms with Gasteiger partial charge in [0.1, 0.15) is 0 Å². The van der Waals surface area contributed by atoms with Gasteiger partial charge in [0.2, 0.25) is 0 Å². The van der Waals surface area contributed by atoms with E-state index in [2.05, 4.69) is 20.9 Å². The molecule has 72 valence electrons. The van der Waals surface area contributed by atoms with Gasteiger partial charge in [0, 0.05) is 16.2 Å². The summed E-state index contributed by atoms with van der Waals surface area (Å²) in [6.45, 7) is 0. The molecule has 0 N–H and O–H groups in total. The number of hydrogen-bond acceptors (Lipinski definition) is 2. The molecule has 3 nitrogen and oxygen atoms in total. The van der Waals surface area contributed by atoms with Gasteiger partial charge in [-0.25, -0.2) is 4.98 Å². The van der Waals surface area contributed by atoms with Crippen LogP contribution in [0.3, 0.4) is 0 Å². The summed E-state index contributed by atoms with van der Waals surface area (Å²) in [7, 11) is 0. The Morgan fingerprint density at radius 2 is 2.21 bits per heavy atom. The van der Waals surface area contributed by atoms with E-state index in [1.54, 1.807) is 12.1 Å². The van der Waals surface area contributed by atoms with Crippen LogP contribution in [-0.4, -0.2) is 9.07 Å². The third kappa shape index (κ3) is 1.42. The Hall–Kier alpha value is -0.940. The van der Waals surface area contributed by atoms with Crippen LogP contribution in [0.5, 0.6) is 0 Å². The minimum absolute atomic E-state index is 0.277. The first kappa shape index (κ1) is 9.61. The van der Waals surface area contributed by atoms with Crippen molar-refractivity contribution in [2.45, 2.75) is 0 Å². The highest BCUT2D eigenvalue weighted by atomic mass is 79.9. The zero-order valence-corrected chi connectivity index (χ0v) is 9.01. The van der Waals surface area contributed by atoms with Crippen molar-refractivity contribution in [3.8, 4) is 0 Å². The van der Waals surface area contributed by atoms with Gasteiger partial charge in [-0.15, -0.1) is 0 Å². The average Bonchev–Trinajstić information content (AvgIpc) is 2.14. The fraction of sp³-hybridized carbons (Fsp3) is 0. The average molecular weight is 277 g/mol. The largest absolute Gasteiger partial charge is 0.307 e. The fourth-order valence-corrected chi connectivity index (χ4v) is 1.59. The lowest BCUT2D eigenvalue weighted by Crippen LogP contribution is -2.17. The fourth-order valence-electron chi connectivity index (χ4n) is 1.11. The molecule has 0 atom stereocenters. The number of nitrogens with zero attached hydrogens (tertiary/aromatic N) is 2. The van der Waals surface area contributed by atoms with E-state index in [1.165, 1.54) is 6.07 Å². The molecule has 0 saturated heterocycles. The Kier molecular flexibility index (Phi) is 2.28. The molecule has 0 bridgehead atoms. The highest BCUT2D eigenvalue weighted by Crippen LogP contribution is 2.15. The predicted molar refractivity (Wildman–Crippen MR) is 54.9 cm³/mol. The molecular formula is C8H3BrClFN2O. The Balaban J connectivity index is 2.98. The summed E-state index contributed by atoms with van der Waals surface area (Å²) in [5.41, 5.74) is -0.333. The van der Waals surface area contributed by atoms with Gasteiger partial charge in [0.15, 0.2) is 0 Å². The van der Waals surface area contributed by atoms with Gasteiger partial charge < -0.3 is 0 Å². The van der Waals surface area contributed by atoms with Crippen LogP contribution in [0.2, 0.25) is 0 Å². The Morgan fingerprint density at radius 1 is 1.50 bits per heavy atom. The summed E-state index contributed by atoms with van der Waals surface area (Å²) in [4.78, 5) is 14.9. The molecule has 0 aliphatic carbocycles. The Morgan fingerprint density at radius 3 is 2.93 bits per heavy atom. The lowest BCUT2D eigenvalue weighted by Gasteiger charge is -2.00. The summed E-state index contributed by atoms with van der Waals surface area (Å²) < 4.78 is 14.0. The first-order valence-corrected chi connectivity index (χ1v) is 4.76. The zero-order chi connectivity index (χ0) is 10.3. The van der Waals surface area contributed by atoms with Crippen LogP contribution >= 0.6 is 27.7 Å². The van der Waals surface area contributed by atoms with Gasteiger partial charge in [-0.1, -0.05) is 15.9 Å². The third-order valence-corrected chi connectivity index (χ3v) is 2.53. The molecule has 2 rings (SSSR count). The standard InChI is InChI=1S/C8H3BrClFN2O/c9-4-1-2-5-6(3-4)12-8(11)13(10)7(5)14/h1-3H. The first-order valence-electron chi connectivity index (χ1n) is 3.63. The second-order valence-corrected chi connectivity index (χ2v) is 3.88. The van der Waals surface area contributed by atoms with Gasteiger partial charge in [-0.3, -0.25) is 4.79 Å². The summed E-state index contributed by atoms with van der Waals surface area (Å²) in [6.07, 6.45) is -1.01. The van der Waals surface area contributed by atoms with Crippen molar-refractivity contribution in [1.82, 2.24) is 9.07 Å². The SMILES string of the molecule is O=c1c2ccc(Br)cc2nc(F)n1Cl. The van der Waals surface area contributed by atoms with Crippen molar-refractivity contribution >= 4 is 38.6 Å². The summed E-state index contributed by atoms with van der Waals surface area (Å²) in [5, 5.41) is 0.282. The maximum Gasteiger partial charge on any atom is 0.307 e. The van der Waals surface area contributed by atoms with E-state index in [4.69, 9.17) is 11.8 Å². The minimum atomic E-state index is -1.01. The molecule has 0 radical (unpaired) electrons. The predicted octanol–water partition coefficient (Wildman–Crippen LogP) is 2.30. The molecule has 0 aliphatic heterocycles. The van der Waals surface area contributed by atoms with Crippen LogP contribution in [0.15, 0.2) is 27.5 Å². The highest BCUT2D eigenvalue weighted by molar-refractivity contribution is 9.10. The zero-order valence-electron chi connectivity index (χ0n) is 6.67. The number of fused-ring (bicyclic) bond motifs is 1. The molecule has 0 fully saturated rings. The smallest absolute Gasteiger partial charge is 0.267 e. The van der Waals surface area contributed by atoms with Crippen LogP contribution in [0, 0.1) is 6.08 Å². The lowest BCUT2D eigenvalue weighted by atomic mass is 10.2. The summed E-state index contributed by atoms with van der Waals surface area (Å²) >= 11 is 8.55. The highest BCUT2D eigenvalue weighted by Gasteiger charge is 2.08. The molecule has 1 aromatic heterocycles. The maximum atomic E-state index is 12.9. The normalized spacial score (nSPS) is 10.8. The Labute approximate surface area is 91.4 Å². The maximum absolute atomic E-state index is 12.9. The number of hydrogen-bond donors (Lipinski definition) is 0. The molecule has 2 aromatic rings. The van der Waals surface area contributed by atoms with Gasteiger partial charge in [0.25, 0.3) is 5.56 Å². The number of aromatic nitrogens is 2. The van der Waals surface area contributed by atoms with Crippen LogP contribution in [0.1, 0.15) is 0 Å². The van der Waals surface area contributed by atoms with Crippen LogP contribution in [-0.2, 0) is 0 Å². The van der Waals surface area contributed by atoms with Crippen molar-refractivity contribution in [2.75, 3.05) is 0 Å². The van der Waals surface area contributed by atoms with E-state index in [0.29, 0.717) is 4.09 Å². The van der Waals surface area contributed by atoms with Gasteiger partial charge >= 0.3 is 6.08 Å². The minimum Gasteiger partial charge on any atom is -0.267 e. The third-order valence-electron chi connectivity index (χ3n) is 1.74. The molecular weight excluding hydrogens is 274 g/mol. The number of benzene rings is 1. The second-order valence-electron chi connectivity index (χ2n) is 2.63.